The number of nitrogen functional groups attached to an aromatic ring is 1. The first-order chi connectivity index (χ1) is 13.3. The second-order valence-corrected chi connectivity index (χ2v) is 6.06. The van der Waals surface area contributed by atoms with Crippen LogP contribution in [0, 0.1) is 0 Å². The molecule has 5 heteroatoms. The fourth-order valence-electron chi connectivity index (χ4n) is 2.54. The Labute approximate surface area is 167 Å². The van der Waals surface area contributed by atoms with Gasteiger partial charge in [0.25, 0.3) is 5.56 Å². The summed E-state index contributed by atoms with van der Waals surface area (Å²) in [7, 11) is 3.20. The molecule has 0 saturated heterocycles. The van der Waals surface area contributed by atoms with Crippen molar-refractivity contribution in [3.63, 3.8) is 0 Å². The molecule has 150 valence electrons. The first kappa shape index (κ1) is 22.8. The number of nitrogens with two attached hydrogens (primary N) is 1. The van der Waals surface area contributed by atoms with E-state index in [1.165, 1.54) is 17.7 Å². The zero-order valence-corrected chi connectivity index (χ0v) is 17.6. The Morgan fingerprint density at radius 3 is 2.32 bits per heavy atom. The van der Waals surface area contributed by atoms with Gasteiger partial charge >= 0.3 is 0 Å². The van der Waals surface area contributed by atoms with Crippen LogP contribution in [0.3, 0.4) is 0 Å². The summed E-state index contributed by atoms with van der Waals surface area (Å²) in [5, 5.41) is 0. The van der Waals surface area contributed by atoms with Crippen molar-refractivity contribution in [2.75, 3.05) is 12.8 Å². The molecule has 0 fully saturated rings. The highest BCUT2D eigenvalue weighted by atomic mass is 16.5. The summed E-state index contributed by atoms with van der Waals surface area (Å²) in [6.07, 6.45) is 3.42. The number of benzene rings is 1. The fourth-order valence-corrected chi connectivity index (χ4v) is 2.54. The van der Waals surface area contributed by atoms with Crippen LogP contribution >= 0.6 is 0 Å². The minimum atomic E-state index is -0.165. The molecule has 1 aromatic carbocycles. The molecule has 28 heavy (non-hydrogen) atoms. The summed E-state index contributed by atoms with van der Waals surface area (Å²) in [5.41, 5.74) is 9.46. The number of aryl methyl sites for hydroxylation is 1. The Morgan fingerprint density at radius 2 is 1.79 bits per heavy atom. The predicted molar refractivity (Wildman–Crippen MR) is 118 cm³/mol. The van der Waals surface area contributed by atoms with Gasteiger partial charge in [0.15, 0.2) is 0 Å². The zero-order valence-electron chi connectivity index (χ0n) is 17.6. The number of methoxy groups -OCH3 is 1. The van der Waals surface area contributed by atoms with Gasteiger partial charge in [-0.05, 0) is 43.2 Å². The molecule has 0 amide bonds. The summed E-state index contributed by atoms with van der Waals surface area (Å²) >= 11 is 0. The number of anilines is 1. The molecule has 1 aromatic heterocycles. The van der Waals surface area contributed by atoms with Crippen molar-refractivity contribution in [3.8, 4) is 22.6 Å². The monoisotopic (exact) mass is 382 g/mol. The van der Waals surface area contributed by atoms with Gasteiger partial charge in [0, 0.05) is 36.1 Å². The maximum atomic E-state index is 11.9. The summed E-state index contributed by atoms with van der Waals surface area (Å²) in [6.45, 7) is 15.5. The van der Waals surface area contributed by atoms with E-state index in [4.69, 9.17) is 15.2 Å². The molecule has 0 spiro atoms. The van der Waals surface area contributed by atoms with Gasteiger partial charge in [-0.25, -0.2) is 0 Å². The Bertz CT molecular complexity index is 953. The summed E-state index contributed by atoms with van der Waals surface area (Å²) in [5.74, 6) is 1.66. The SMILES string of the molecule is C=C/C(C)=C(/Oc1ccc(N)cc1-c1cn(C)c(=O)cc1OC)C(=C)C.CC. The molecule has 0 unspecified atom stereocenters. The third-order valence-corrected chi connectivity index (χ3v) is 3.97. The van der Waals surface area contributed by atoms with E-state index in [-0.39, 0.29) is 5.56 Å². The van der Waals surface area contributed by atoms with Crippen LogP contribution in [0.25, 0.3) is 11.1 Å². The third kappa shape index (κ3) is 5.16. The number of hydrogen-bond donors (Lipinski definition) is 1. The van der Waals surface area contributed by atoms with E-state index in [1.807, 2.05) is 27.7 Å². The highest BCUT2D eigenvalue weighted by Gasteiger charge is 2.16. The highest BCUT2D eigenvalue weighted by molar-refractivity contribution is 5.78. The van der Waals surface area contributed by atoms with Gasteiger partial charge in [-0.15, -0.1) is 0 Å². The maximum absolute atomic E-state index is 11.9. The topological polar surface area (TPSA) is 66.5 Å². The molecule has 0 saturated carbocycles. The first-order valence-corrected chi connectivity index (χ1v) is 9.10. The van der Waals surface area contributed by atoms with Crippen molar-refractivity contribution < 1.29 is 9.47 Å². The molecule has 0 aliphatic heterocycles. The number of hydrogen-bond acceptors (Lipinski definition) is 4. The van der Waals surface area contributed by atoms with Crippen LogP contribution in [0.1, 0.15) is 27.7 Å². The van der Waals surface area contributed by atoms with E-state index in [0.717, 1.165) is 11.1 Å². The third-order valence-electron chi connectivity index (χ3n) is 3.97. The Balaban J connectivity index is 0.00000190. The molecule has 0 aliphatic rings. The number of aromatic nitrogens is 1. The van der Waals surface area contributed by atoms with Gasteiger partial charge in [0.05, 0.1) is 7.11 Å². The van der Waals surface area contributed by atoms with E-state index < -0.39 is 0 Å². The van der Waals surface area contributed by atoms with Crippen molar-refractivity contribution >= 4 is 5.69 Å². The number of ether oxygens (including phenoxy) is 2. The molecule has 2 N–H and O–H groups in total. The van der Waals surface area contributed by atoms with Crippen LogP contribution < -0.4 is 20.8 Å². The van der Waals surface area contributed by atoms with Crippen LogP contribution in [0.15, 0.2) is 71.4 Å². The van der Waals surface area contributed by atoms with Crippen molar-refractivity contribution in [1.29, 1.82) is 0 Å². The van der Waals surface area contributed by atoms with Gasteiger partial charge < -0.3 is 19.8 Å². The van der Waals surface area contributed by atoms with E-state index >= 15 is 0 Å². The largest absolute Gasteiger partial charge is 0.496 e. The van der Waals surface area contributed by atoms with Crippen LogP contribution in [0.2, 0.25) is 0 Å². The molecule has 0 atom stereocenters. The molecule has 2 rings (SSSR count). The molecule has 0 bridgehead atoms. The Hall–Kier alpha value is -3.21. The van der Waals surface area contributed by atoms with Gasteiger partial charge in [0.1, 0.15) is 17.3 Å². The molecule has 0 aliphatic carbocycles. The number of nitrogens with zero attached hydrogens (tertiary/aromatic N) is 1. The van der Waals surface area contributed by atoms with Crippen molar-refractivity contribution in [2.24, 2.45) is 7.05 Å². The lowest BCUT2D eigenvalue weighted by molar-refractivity contribution is 0.412. The summed E-state index contributed by atoms with van der Waals surface area (Å²) < 4.78 is 13.0. The minimum Gasteiger partial charge on any atom is -0.496 e. The van der Waals surface area contributed by atoms with Crippen LogP contribution in [0.4, 0.5) is 5.69 Å². The van der Waals surface area contributed by atoms with Crippen LogP contribution in [0.5, 0.6) is 11.5 Å². The molecular weight excluding hydrogens is 352 g/mol. The molecule has 5 nitrogen and oxygen atoms in total. The average molecular weight is 383 g/mol. The average Bonchev–Trinajstić information content (AvgIpc) is 2.69. The first-order valence-electron chi connectivity index (χ1n) is 9.10. The van der Waals surface area contributed by atoms with E-state index in [0.29, 0.717) is 34.1 Å². The lowest BCUT2D eigenvalue weighted by Crippen LogP contribution is -2.15. The number of pyridine rings is 1. The van der Waals surface area contributed by atoms with Gasteiger partial charge in [-0.2, -0.15) is 0 Å². The second-order valence-electron chi connectivity index (χ2n) is 6.06. The lowest BCUT2D eigenvalue weighted by atomic mass is 10.0. The summed E-state index contributed by atoms with van der Waals surface area (Å²) in [4.78, 5) is 11.9. The van der Waals surface area contributed by atoms with Gasteiger partial charge in [-0.3, -0.25) is 4.79 Å². The lowest BCUT2D eigenvalue weighted by Gasteiger charge is -2.18. The fraction of sp³-hybridized carbons (Fsp3) is 0.261. The van der Waals surface area contributed by atoms with Crippen molar-refractivity contribution in [2.45, 2.75) is 27.7 Å². The van der Waals surface area contributed by atoms with Crippen molar-refractivity contribution in [3.05, 3.63) is 77.0 Å². The number of rotatable bonds is 6. The molecule has 0 radical (unpaired) electrons. The standard InChI is InChI=1S/C21H24N2O3.C2H6/c1-7-14(4)21(13(2)3)26-18-9-8-15(22)10-16(18)17-12-23(5)20(24)11-19(17)25-6;1-2/h7-12H,1-2,22H2,3-6H3;1-2H3/b21-14+;. The van der Waals surface area contributed by atoms with E-state index in [1.54, 1.807) is 37.5 Å². The van der Waals surface area contributed by atoms with Gasteiger partial charge in [0.2, 0.25) is 0 Å². The smallest absolute Gasteiger partial charge is 0.254 e. The quantitative estimate of drug-likeness (QED) is 0.430. The normalized spacial score (nSPS) is 10.9. The number of allylic oxidation sites excluding steroid dienone is 3. The molecule has 2 aromatic rings. The maximum Gasteiger partial charge on any atom is 0.254 e. The van der Waals surface area contributed by atoms with Crippen LogP contribution in [-0.4, -0.2) is 11.7 Å². The zero-order chi connectivity index (χ0) is 21.4. The van der Waals surface area contributed by atoms with E-state index in [2.05, 4.69) is 13.2 Å². The minimum absolute atomic E-state index is 0.165. The van der Waals surface area contributed by atoms with Crippen LogP contribution in [-0.2, 0) is 7.05 Å². The predicted octanol–water partition coefficient (Wildman–Crippen LogP) is 5.08. The van der Waals surface area contributed by atoms with Crippen molar-refractivity contribution in [1.82, 2.24) is 4.57 Å². The second kappa shape index (κ2) is 10.2. The molecular formula is C23H30N2O3. The van der Waals surface area contributed by atoms with Gasteiger partial charge in [-0.1, -0.05) is 33.1 Å². The Morgan fingerprint density at radius 1 is 1.14 bits per heavy atom. The molecule has 1 heterocycles. The highest BCUT2D eigenvalue weighted by Crippen LogP contribution is 2.38. The summed E-state index contributed by atoms with van der Waals surface area (Å²) in [6, 6.07) is 6.77. The Kier molecular flexibility index (Phi) is 8.32. The van der Waals surface area contributed by atoms with E-state index in [9.17, 15) is 4.79 Å².